The van der Waals surface area contributed by atoms with Crippen molar-refractivity contribution in [3.63, 3.8) is 0 Å². The van der Waals surface area contributed by atoms with Crippen LogP contribution in [-0.2, 0) is 0 Å². The van der Waals surface area contributed by atoms with Crippen LogP contribution < -0.4 is 5.32 Å². The quantitative estimate of drug-likeness (QED) is 0.596. The number of halogens is 1. The van der Waals surface area contributed by atoms with Crippen LogP contribution in [0.3, 0.4) is 0 Å². The number of rotatable bonds is 2. The fourth-order valence-electron chi connectivity index (χ4n) is 2.07. The van der Waals surface area contributed by atoms with Gasteiger partial charge in [-0.05, 0) is 25.1 Å². The number of hydrogen-bond donors (Lipinski definition) is 1. The van der Waals surface area contributed by atoms with Crippen LogP contribution >= 0.6 is 11.6 Å². The molecule has 0 unspecified atom stereocenters. The number of pyridine rings is 1. The first-order valence-corrected chi connectivity index (χ1v) is 6.99. The molecular weight excluding hydrogens is 320 g/mol. The number of aryl methyl sites for hydroxylation is 1. The van der Waals surface area contributed by atoms with Crippen LogP contribution in [0.25, 0.3) is 11.4 Å². The van der Waals surface area contributed by atoms with Crippen LogP contribution in [0.1, 0.15) is 16.3 Å². The van der Waals surface area contributed by atoms with E-state index in [0.717, 1.165) is 5.69 Å². The molecule has 0 aromatic carbocycles. The minimum absolute atomic E-state index is 0.0105. The number of carbonyl (C=O) groups is 1. The van der Waals surface area contributed by atoms with Gasteiger partial charge in [-0.15, -0.1) is 10.2 Å². The van der Waals surface area contributed by atoms with E-state index in [9.17, 15) is 4.79 Å². The Morgan fingerprint density at radius 1 is 1.22 bits per heavy atom. The van der Waals surface area contributed by atoms with Crippen LogP contribution in [0.15, 0.2) is 30.6 Å². The lowest BCUT2D eigenvalue weighted by Crippen LogP contribution is -2.15. The fourth-order valence-corrected chi connectivity index (χ4v) is 2.23. The van der Waals surface area contributed by atoms with Crippen molar-refractivity contribution in [2.24, 2.45) is 0 Å². The third kappa shape index (κ3) is 2.36. The lowest BCUT2D eigenvalue weighted by Gasteiger charge is -1.94. The monoisotopic (exact) mass is 328 g/mol. The minimum Gasteiger partial charge on any atom is -0.286 e. The Hall–Kier alpha value is -3.07. The molecule has 0 atom stereocenters. The molecule has 0 radical (unpaired) electrons. The number of nitrogens with zero attached hydrogens (tertiary/aromatic N) is 7. The number of nitrogens with one attached hydrogen (secondary N) is 1. The molecule has 0 fully saturated rings. The zero-order chi connectivity index (χ0) is 16.0. The van der Waals surface area contributed by atoms with Crippen molar-refractivity contribution in [1.82, 2.24) is 34.2 Å². The Balaban J connectivity index is 1.66. The second-order valence-electron chi connectivity index (χ2n) is 4.77. The molecule has 0 bridgehead atoms. The molecule has 1 amide bonds. The summed E-state index contributed by atoms with van der Waals surface area (Å²) in [4.78, 5) is 24.6. The average molecular weight is 329 g/mol. The summed E-state index contributed by atoms with van der Waals surface area (Å²) in [5.74, 6) is -0.0358. The maximum absolute atomic E-state index is 12.2. The number of carbonyl (C=O) groups excluding carboxylic acids is 1. The minimum atomic E-state index is -0.517. The van der Waals surface area contributed by atoms with E-state index in [1.807, 2.05) is 6.92 Å². The molecule has 4 aromatic rings. The second kappa shape index (κ2) is 4.99. The standard InChI is InChI=1S/C13H9ClN8O/c1-7-4-5-15-13-17-10(19-22(7)13)11(23)18-12-16-9-3-2-8(14)6-21(9)20-12/h2-6H,1H3,(H,18,20,23). The van der Waals surface area contributed by atoms with E-state index in [1.54, 1.807) is 30.6 Å². The highest BCUT2D eigenvalue weighted by molar-refractivity contribution is 6.30. The van der Waals surface area contributed by atoms with Crippen LogP contribution in [0.4, 0.5) is 5.95 Å². The summed E-state index contributed by atoms with van der Waals surface area (Å²) in [5, 5.41) is 11.3. The first-order chi connectivity index (χ1) is 11.1. The molecule has 10 heteroatoms. The van der Waals surface area contributed by atoms with Crippen LogP contribution in [0.2, 0.25) is 5.02 Å². The van der Waals surface area contributed by atoms with Gasteiger partial charge in [0.1, 0.15) is 0 Å². The van der Waals surface area contributed by atoms with Gasteiger partial charge in [0.15, 0.2) is 5.65 Å². The SMILES string of the molecule is Cc1ccnc2nc(C(=O)Nc3nc4ccc(Cl)cn4n3)nn12. The highest BCUT2D eigenvalue weighted by Crippen LogP contribution is 2.12. The van der Waals surface area contributed by atoms with Crippen molar-refractivity contribution < 1.29 is 4.79 Å². The molecule has 23 heavy (non-hydrogen) atoms. The Morgan fingerprint density at radius 3 is 2.91 bits per heavy atom. The van der Waals surface area contributed by atoms with Gasteiger partial charge >= 0.3 is 0 Å². The van der Waals surface area contributed by atoms with Gasteiger partial charge in [0.05, 0.1) is 5.02 Å². The zero-order valence-corrected chi connectivity index (χ0v) is 12.6. The lowest BCUT2D eigenvalue weighted by atomic mass is 10.5. The van der Waals surface area contributed by atoms with E-state index < -0.39 is 5.91 Å². The summed E-state index contributed by atoms with van der Waals surface area (Å²) in [6.45, 7) is 1.85. The Bertz CT molecular complexity index is 1050. The molecule has 0 aliphatic heterocycles. The predicted molar refractivity (Wildman–Crippen MR) is 81.5 cm³/mol. The van der Waals surface area contributed by atoms with Crippen LogP contribution in [0.5, 0.6) is 0 Å². The lowest BCUT2D eigenvalue weighted by molar-refractivity contribution is 0.101. The summed E-state index contributed by atoms with van der Waals surface area (Å²) in [6.07, 6.45) is 3.20. The summed E-state index contributed by atoms with van der Waals surface area (Å²) < 4.78 is 2.96. The third-order valence-corrected chi connectivity index (χ3v) is 3.38. The van der Waals surface area contributed by atoms with Crippen molar-refractivity contribution in [2.75, 3.05) is 5.32 Å². The van der Waals surface area contributed by atoms with E-state index in [0.29, 0.717) is 16.4 Å². The summed E-state index contributed by atoms with van der Waals surface area (Å²) in [7, 11) is 0. The van der Waals surface area contributed by atoms with E-state index in [1.165, 1.54) is 9.03 Å². The molecule has 1 N–H and O–H groups in total. The molecule has 4 aromatic heterocycles. The van der Waals surface area contributed by atoms with Crippen molar-refractivity contribution in [2.45, 2.75) is 6.92 Å². The molecule has 0 saturated carbocycles. The van der Waals surface area contributed by atoms with Crippen molar-refractivity contribution >= 4 is 34.9 Å². The average Bonchev–Trinajstić information content (AvgIpc) is 3.11. The van der Waals surface area contributed by atoms with Gasteiger partial charge in [0, 0.05) is 18.1 Å². The molecule has 4 rings (SSSR count). The van der Waals surface area contributed by atoms with Gasteiger partial charge in [0.25, 0.3) is 11.7 Å². The molecule has 0 saturated heterocycles. The Morgan fingerprint density at radius 2 is 2.09 bits per heavy atom. The molecule has 114 valence electrons. The molecule has 9 nitrogen and oxygen atoms in total. The molecule has 0 aliphatic rings. The second-order valence-corrected chi connectivity index (χ2v) is 5.21. The number of amides is 1. The van der Waals surface area contributed by atoms with Crippen LogP contribution in [-0.4, -0.2) is 40.1 Å². The van der Waals surface area contributed by atoms with Crippen molar-refractivity contribution in [3.05, 3.63) is 47.1 Å². The van der Waals surface area contributed by atoms with Gasteiger partial charge in [-0.25, -0.2) is 14.0 Å². The first kappa shape index (κ1) is 13.6. The highest BCUT2D eigenvalue weighted by Gasteiger charge is 2.16. The van der Waals surface area contributed by atoms with Gasteiger partial charge in [-0.1, -0.05) is 11.6 Å². The van der Waals surface area contributed by atoms with E-state index in [-0.39, 0.29) is 11.8 Å². The van der Waals surface area contributed by atoms with Gasteiger partial charge in [-0.2, -0.15) is 9.97 Å². The number of aromatic nitrogens is 7. The van der Waals surface area contributed by atoms with Crippen LogP contribution in [0, 0.1) is 6.92 Å². The van der Waals surface area contributed by atoms with Gasteiger partial charge < -0.3 is 0 Å². The maximum atomic E-state index is 12.2. The van der Waals surface area contributed by atoms with E-state index in [4.69, 9.17) is 11.6 Å². The van der Waals surface area contributed by atoms with E-state index >= 15 is 0 Å². The third-order valence-electron chi connectivity index (χ3n) is 3.15. The predicted octanol–water partition coefficient (Wildman–Crippen LogP) is 1.38. The van der Waals surface area contributed by atoms with Gasteiger partial charge in [-0.3, -0.25) is 10.1 Å². The molecule has 0 spiro atoms. The number of fused-ring (bicyclic) bond motifs is 2. The molecule has 0 aliphatic carbocycles. The summed E-state index contributed by atoms with van der Waals surface area (Å²) >= 11 is 5.88. The topological polar surface area (TPSA) is 102 Å². The number of hydrogen-bond acceptors (Lipinski definition) is 6. The summed E-state index contributed by atoms with van der Waals surface area (Å²) in [5.41, 5.74) is 1.38. The largest absolute Gasteiger partial charge is 0.297 e. The maximum Gasteiger partial charge on any atom is 0.297 e. The zero-order valence-electron chi connectivity index (χ0n) is 11.8. The molecular formula is C13H9ClN8O. The number of anilines is 1. The van der Waals surface area contributed by atoms with Gasteiger partial charge in [0.2, 0.25) is 11.8 Å². The fraction of sp³-hybridized carbons (Fsp3) is 0.0769. The van der Waals surface area contributed by atoms with Crippen molar-refractivity contribution in [1.29, 1.82) is 0 Å². The Labute approximate surface area is 134 Å². The highest BCUT2D eigenvalue weighted by atomic mass is 35.5. The smallest absolute Gasteiger partial charge is 0.286 e. The first-order valence-electron chi connectivity index (χ1n) is 6.62. The van der Waals surface area contributed by atoms with E-state index in [2.05, 4.69) is 30.5 Å². The molecule has 4 heterocycles. The van der Waals surface area contributed by atoms with Crippen molar-refractivity contribution in [3.8, 4) is 0 Å². The normalized spacial score (nSPS) is 11.2. The Kier molecular flexibility index (Phi) is 2.95. The summed E-state index contributed by atoms with van der Waals surface area (Å²) in [6, 6.07) is 5.16.